The highest BCUT2D eigenvalue weighted by Crippen LogP contribution is 2.41. The van der Waals surface area contributed by atoms with Crippen LogP contribution in [-0.2, 0) is 9.47 Å². The highest BCUT2D eigenvalue weighted by atomic mass is 19.4. The van der Waals surface area contributed by atoms with Crippen molar-refractivity contribution in [1.29, 1.82) is 0 Å². The van der Waals surface area contributed by atoms with Crippen molar-refractivity contribution in [3.05, 3.63) is 0 Å². The van der Waals surface area contributed by atoms with Gasteiger partial charge in [0.2, 0.25) is 12.2 Å². The summed E-state index contributed by atoms with van der Waals surface area (Å²) in [4.78, 5) is 0. The molecule has 2 N–H and O–H groups in total. The Morgan fingerprint density at radius 3 is 1.21 bits per heavy atom. The van der Waals surface area contributed by atoms with Crippen LogP contribution in [0.4, 0.5) is 43.9 Å². The summed E-state index contributed by atoms with van der Waals surface area (Å²) in [7, 11) is 0. The average molecular weight is 384 g/mol. The average Bonchev–Trinajstić information content (AvgIpc) is 2.43. The van der Waals surface area contributed by atoms with E-state index in [1.807, 2.05) is 0 Å². The molecule has 1 heterocycles. The quantitative estimate of drug-likeness (QED) is 0.727. The normalized spacial score (nSPS) is 27.0. The number of rotatable bonds is 4. The van der Waals surface area contributed by atoms with Gasteiger partial charge in [-0.05, 0) is 0 Å². The molecule has 1 aliphatic rings. The highest BCUT2D eigenvalue weighted by molar-refractivity contribution is 4.96. The summed E-state index contributed by atoms with van der Waals surface area (Å²) >= 11 is 0. The Kier molecular flexibility index (Phi) is 5.70. The molecule has 0 aromatic heterocycles. The molecule has 144 valence electrons. The van der Waals surface area contributed by atoms with Crippen LogP contribution in [0.2, 0.25) is 0 Å². The zero-order valence-corrected chi connectivity index (χ0v) is 11.2. The van der Waals surface area contributed by atoms with Gasteiger partial charge in [-0.2, -0.15) is 26.3 Å². The lowest BCUT2D eigenvalue weighted by Crippen LogP contribution is -2.62. The van der Waals surface area contributed by atoms with Crippen LogP contribution in [0.3, 0.4) is 0 Å². The molecule has 4 unspecified atom stereocenters. The summed E-state index contributed by atoms with van der Waals surface area (Å²) in [5.74, 6) is -10.4. The number of ether oxygens (including phenoxy) is 2. The van der Waals surface area contributed by atoms with Crippen LogP contribution in [0.25, 0.3) is 0 Å². The van der Waals surface area contributed by atoms with Gasteiger partial charge in [0.05, 0.1) is 13.2 Å². The van der Waals surface area contributed by atoms with Gasteiger partial charge in [0, 0.05) is 0 Å². The third-order valence-corrected chi connectivity index (χ3v) is 3.07. The molecule has 0 amide bonds. The molecule has 1 rings (SSSR count). The molecule has 14 heteroatoms. The van der Waals surface area contributed by atoms with Crippen molar-refractivity contribution in [3.8, 4) is 0 Å². The van der Waals surface area contributed by atoms with Crippen LogP contribution >= 0.6 is 0 Å². The molecule has 0 aromatic rings. The highest BCUT2D eigenvalue weighted by Gasteiger charge is 2.64. The molecule has 1 fully saturated rings. The van der Waals surface area contributed by atoms with Crippen LogP contribution < -0.4 is 0 Å². The smallest absolute Gasteiger partial charge is 0.379 e. The Morgan fingerprint density at radius 1 is 0.667 bits per heavy atom. The Morgan fingerprint density at radius 2 is 0.958 bits per heavy atom. The van der Waals surface area contributed by atoms with Gasteiger partial charge < -0.3 is 19.7 Å². The topological polar surface area (TPSA) is 58.9 Å². The summed E-state index contributed by atoms with van der Waals surface area (Å²) in [6.45, 7) is -2.79. The maximum absolute atomic E-state index is 13.5. The number of alkyl halides is 10. The van der Waals surface area contributed by atoms with Gasteiger partial charge in [0.25, 0.3) is 0 Å². The lowest BCUT2D eigenvalue weighted by atomic mass is 10.0. The monoisotopic (exact) mass is 384 g/mol. The minimum Gasteiger partial charge on any atom is -0.379 e. The van der Waals surface area contributed by atoms with E-state index in [-0.39, 0.29) is 0 Å². The molecule has 1 aliphatic heterocycles. The molecule has 4 nitrogen and oxygen atoms in total. The first-order chi connectivity index (χ1) is 10.5. The lowest BCUT2D eigenvalue weighted by molar-refractivity contribution is -0.348. The molecule has 0 aromatic carbocycles. The number of hydrogen-bond acceptors (Lipinski definition) is 4. The van der Waals surface area contributed by atoms with E-state index in [9.17, 15) is 43.9 Å². The molecule has 0 bridgehead atoms. The summed E-state index contributed by atoms with van der Waals surface area (Å²) in [6, 6.07) is 0. The molecular formula is C10H10F10O4. The first-order valence-electron chi connectivity index (χ1n) is 6.00. The number of aliphatic hydroxyl groups is 2. The second-order valence-electron chi connectivity index (χ2n) is 4.89. The Balaban J connectivity index is 2.98. The molecule has 24 heavy (non-hydrogen) atoms. The van der Waals surface area contributed by atoms with Crippen LogP contribution in [-0.4, -0.2) is 72.0 Å². The predicted molar refractivity (Wildman–Crippen MR) is 53.5 cm³/mol. The first-order valence-corrected chi connectivity index (χ1v) is 6.00. The molecule has 0 aliphatic carbocycles. The lowest BCUT2D eigenvalue weighted by Gasteiger charge is -2.40. The first kappa shape index (κ1) is 21.2. The Bertz CT molecular complexity index is 396. The molecule has 4 atom stereocenters. The van der Waals surface area contributed by atoms with E-state index < -0.39 is 61.8 Å². The molecular weight excluding hydrogens is 374 g/mol. The molecule has 0 radical (unpaired) electrons. The fraction of sp³-hybridized carbons (Fsp3) is 1.00. The van der Waals surface area contributed by atoms with Crippen molar-refractivity contribution in [2.24, 2.45) is 0 Å². The van der Waals surface area contributed by atoms with Crippen LogP contribution in [0.15, 0.2) is 0 Å². The minimum absolute atomic E-state index is 1.39. The van der Waals surface area contributed by atoms with Crippen molar-refractivity contribution < 1.29 is 63.6 Å². The standard InChI is InChI=1S/C10H10F10O4/c11-7(12,5(21)9(15,16)17)3-1-23-2-4(24-3)8(13,14)6(22)10(18,19)20/h3-6,21-22H,1-2H2. The van der Waals surface area contributed by atoms with Crippen LogP contribution in [0, 0.1) is 0 Å². The van der Waals surface area contributed by atoms with E-state index in [1.54, 1.807) is 0 Å². The van der Waals surface area contributed by atoms with Crippen LogP contribution in [0.5, 0.6) is 0 Å². The fourth-order valence-corrected chi connectivity index (χ4v) is 1.75. The van der Waals surface area contributed by atoms with Gasteiger partial charge in [-0.3, -0.25) is 0 Å². The third kappa shape index (κ3) is 4.21. The minimum atomic E-state index is -5.85. The van der Waals surface area contributed by atoms with Gasteiger partial charge in [-0.25, -0.2) is 17.6 Å². The largest absolute Gasteiger partial charge is 0.420 e. The summed E-state index contributed by atoms with van der Waals surface area (Å²) in [5, 5.41) is 17.1. The van der Waals surface area contributed by atoms with Crippen LogP contribution in [0.1, 0.15) is 0 Å². The number of aliphatic hydroxyl groups excluding tert-OH is 2. The Hall–Kier alpha value is -0.860. The Labute approximate surface area is 126 Å². The summed E-state index contributed by atoms with van der Waals surface area (Å²) in [5.41, 5.74) is 0. The van der Waals surface area contributed by atoms with E-state index >= 15 is 0 Å². The zero-order chi connectivity index (χ0) is 19.1. The second kappa shape index (κ2) is 6.46. The van der Waals surface area contributed by atoms with Gasteiger partial charge in [-0.15, -0.1) is 0 Å². The van der Waals surface area contributed by atoms with E-state index in [2.05, 4.69) is 9.47 Å². The van der Waals surface area contributed by atoms with Crippen molar-refractivity contribution in [1.82, 2.24) is 0 Å². The maximum atomic E-state index is 13.5. The van der Waals surface area contributed by atoms with E-state index in [0.29, 0.717) is 0 Å². The zero-order valence-electron chi connectivity index (χ0n) is 11.2. The van der Waals surface area contributed by atoms with E-state index in [4.69, 9.17) is 10.2 Å². The van der Waals surface area contributed by atoms with Gasteiger partial charge in [0.15, 0.2) is 0 Å². The van der Waals surface area contributed by atoms with Crippen molar-refractivity contribution in [2.45, 2.75) is 48.6 Å². The van der Waals surface area contributed by atoms with Gasteiger partial charge in [-0.1, -0.05) is 0 Å². The summed E-state index contributed by atoms with van der Waals surface area (Å²) in [6.07, 6.45) is -26.6. The van der Waals surface area contributed by atoms with Gasteiger partial charge in [0.1, 0.15) is 12.2 Å². The van der Waals surface area contributed by atoms with E-state index in [0.717, 1.165) is 0 Å². The summed E-state index contributed by atoms with van der Waals surface area (Å²) < 4.78 is 135. The number of hydrogen-bond donors (Lipinski definition) is 2. The molecule has 0 saturated carbocycles. The van der Waals surface area contributed by atoms with Gasteiger partial charge >= 0.3 is 24.2 Å². The molecule has 0 spiro atoms. The van der Waals surface area contributed by atoms with Crippen molar-refractivity contribution in [3.63, 3.8) is 0 Å². The third-order valence-electron chi connectivity index (χ3n) is 3.07. The fourth-order valence-electron chi connectivity index (χ4n) is 1.75. The van der Waals surface area contributed by atoms with Crippen molar-refractivity contribution >= 4 is 0 Å². The number of halogens is 10. The maximum Gasteiger partial charge on any atom is 0.420 e. The predicted octanol–water partition coefficient (Wildman–Crippen LogP) is 1.89. The SMILES string of the molecule is OC(C(F)(F)F)C(F)(F)C1COCC(C(F)(F)C(O)C(F)(F)F)O1. The molecule has 1 saturated heterocycles. The van der Waals surface area contributed by atoms with Crippen molar-refractivity contribution in [2.75, 3.05) is 13.2 Å². The van der Waals surface area contributed by atoms with E-state index in [1.165, 1.54) is 0 Å². The second-order valence-corrected chi connectivity index (χ2v) is 4.89.